The summed E-state index contributed by atoms with van der Waals surface area (Å²) in [6.45, 7) is 3.74. The largest absolute Gasteiger partial charge is 0.387 e. The highest BCUT2D eigenvalue weighted by Gasteiger charge is 2.20. The number of aliphatic hydroxyl groups is 1. The van der Waals surface area contributed by atoms with Crippen LogP contribution in [0.3, 0.4) is 0 Å². The standard InChI is InChI=1S/C8H13F2N3O/c1-5(2)13-7(11-4-12-13)3-6(14)8(9)10/h4-6,8,14H,3H2,1-2H3. The van der Waals surface area contributed by atoms with Crippen molar-refractivity contribution in [2.45, 2.75) is 38.8 Å². The molecule has 1 rings (SSSR count). The van der Waals surface area contributed by atoms with Crippen molar-refractivity contribution < 1.29 is 13.9 Å². The molecule has 0 radical (unpaired) electrons. The number of hydrogen-bond acceptors (Lipinski definition) is 3. The first-order valence-corrected chi connectivity index (χ1v) is 4.37. The monoisotopic (exact) mass is 205 g/mol. The van der Waals surface area contributed by atoms with Gasteiger partial charge in [0.2, 0.25) is 0 Å². The molecule has 0 saturated heterocycles. The average molecular weight is 205 g/mol. The first-order valence-electron chi connectivity index (χ1n) is 4.37. The molecule has 1 aromatic heterocycles. The highest BCUT2D eigenvalue weighted by molar-refractivity contribution is 4.89. The Morgan fingerprint density at radius 2 is 2.14 bits per heavy atom. The molecule has 1 atom stereocenters. The summed E-state index contributed by atoms with van der Waals surface area (Å²) in [5.74, 6) is 0.382. The van der Waals surface area contributed by atoms with Gasteiger partial charge in [0.05, 0.1) is 0 Å². The minimum Gasteiger partial charge on any atom is -0.387 e. The van der Waals surface area contributed by atoms with Crippen molar-refractivity contribution >= 4 is 0 Å². The van der Waals surface area contributed by atoms with Gasteiger partial charge in [0.25, 0.3) is 6.43 Å². The Bertz CT molecular complexity index is 288. The quantitative estimate of drug-likeness (QED) is 0.798. The second-order valence-corrected chi connectivity index (χ2v) is 3.32. The lowest BCUT2D eigenvalue weighted by molar-refractivity contribution is -0.00536. The minimum absolute atomic E-state index is 0.0531. The number of halogens is 2. The van der Waals surface area contributed by atoms with E-state index in [1.807, 2.05) is 13.8 Å². The molecule has 4 nitrogen and oxygen atoms in total. The van der Waals surface area contributed by atoms with Gasteiger partial charge in [0.15, 0.2) is 0 Å². The normalized spacial score (nSPS) is 13.9. The number of aliphatic hydroxyl groups excluding tert-OH is 1. The Morgan fingerprint density at radius 1 is 1.50 bits per heavy atom. The van der Waals surface area contributed by atoms with Crippen LogP contribution in [0, 0.1) is 0 Å². The summed E-state index contributed by atoms with van der Waals surface area (Å²) in [5, 5.41) is 12.9. The fourth-order valence-corrected chi connectivity index (χ4v) is 1.13. The van der Waals surface area contributed by atoms with Gasteiger partial charge in [-0.05, 0) is 13.8 Å². The number of alkyl halides is 2. The minimum atomic E-state index is -2.74. The molecular weight excluding hydrogens is 192 g/mol. The van der Waals surface area contributed by atoms with Crippen LogP contribution in [0.1, 0.15) is 25.7 Å². The van der Waals surface area contributed by atoms with E-state index in [1.54, 1.807) is 0 Å². The first kappa shape index (κ1) is 11.0. The van der Waals surface area contributed by atoms with Crippen molar-refractivity contribution in [1.82, 2.24) is 14.8 Å². The molecule has 80 valence electrons. The molecule has 0 saturated carbocycles. The Kier molecular flexibility index (Phi) is 3.51. The molecule has 0 aliphatic rings. The Labute approximate surface area is 80.6 Å². The third kappa shape index (κ3) is 2.47. The second kappa shape index (κ2) is 4.45. The summed E-state index contributed by atoms with van der Waals surface area (Å²) in [6, 6.07) is 0.0531. The van der Waals surface area contributed by atoms with E-state index in [4.69, 9.17) is 5.11 Å². The van der Waals surface area contributed by atoms with Crippen LogP contribution in [-0.4, -0.2) is 32.4 Å². The summed E-state index contributed by atoms with van der Waals surface area (Å²) in [5.41, 5.74) is 0. The van der Waals surface area contributed by atoms with Gasteiger partial charge in [-0.25, -0.2) is 18.4 Å². The fraction of sp³-hybridized carbons (Fsp3) is 0.750. The molecule has 0 spiro atoms. The van der Waals surface area contributed by atoms with Crippen LogP contribution in [0.25, 0.3) is 0 Å². The van der Waals surface area contributed by atoms with E-state index in [1.165, 1.54) is 11.0 Å². The maximum atomic E-state index is 12.0. The zero-order valence-corrected chi connectivity index (χ0v) is 8.06. The van der Waals surface area contributed by atoms with Crippen molar-refractivity contribution in [1.29, 1.82) is 0 Å². The maximum absolute atomic E-state index is 12.0. The van der Waals surface area contributed by atoms with Gasteiger partial charge in [-0.15, -0.1) is 0 Å². The van der Waals surface area contributed by atoms with Crippen molar-refractivity contribution in [3.05, 3.63) is 12.2 Å². The average Bonchev–Trinajstić information content (AvgIpc) is 2.52. The van der Waals surface area contributed by atoms with Gasteiger partial charge in [0, 0.05) is 12.5 Å². The number of nitrogens with zero attached hydrogens (tertiary/aromatic N) is 3. The summed E-state index contributed by atoms with van der Waals surface area (Å²) < 4.78 is 25.6. The third-order valence-electron chi connectivity index (χ3n) is 1.82. The predicted molar refractivity (Wildman–Crippen MR) is 46.1 cm³/mol. The lowest BCUT2D eigenvalue weighted by Gasteiger charge is -2.12. The Hall–Kier alpha value is -1.04. The molecule has 0 aromatic carbocycles. The van der Waals surface area contributed by atoms with Crippen LogP contribution >= 0.6 is 0 Å². The van der Waals surface area contributed by atoms with Gasteiger partial charge in [-0.1, -0.05) is 0 Å². The van der Waals surface area contributed by atoms with Gasteiger partial charge in [0.1, 0.15) is 18.3 Å². The topological polar surface area (TPSA) is 50.9 Å². The van der Waals surface area contributed by atoms with E-state index in [0.29, 0.717) is 5.82 Å². The number of hydrogen-bond donors (Lipinski definition) is 1. The Balaban J connectivity index is 2.71. The van der Waals surface area contributed by atoms with Crippen LogP contribution in [-0.2, 0) is 6.42 Å². The van der Waals surface area contributed by atoms with Crippen LogP contribution in [0.2, 0.25) is 0 Å². The highest BCUT2D eigenvalue weighted by atomic mass is 19.3. The van der Waals surface area contributed by atoms with E-state index in [9.17, 15) is 8.78 Å². The summed E-state index contributed by atoms with van der Waals surface area (Å²) in [6.07, 6.45) is -3.28. The molecule has 14 heavy (non-hydrogen) atoms. The molecular formula is C8H13F2N3O. The summed E-state index contributed by atoms with van der Waals surface area (Å²) in [7, 11) is 0. The van der Waals surface area contributed by atoms with Gasteiger partial charge in [-0.3, -0.25) is 0 Å². The molecule has 1 aromatic rings. The lowest BCUT2D eigenvalue weighted by atomic mass is 10.2. The van der Waals surface area contributed by atoms with Crippen molar-refractivity contribution in [3.8, 4) is 0 Å². The first-order chi connectivity index (χ1) is 6.52. The van der Waals surface area contributed by atoms with Gasteiger partial charge in [-0.2, -0.15) is 5.10 Å². The van der Waals surface area contributed by atoms with E-state index in [-0.39, 0.29) is 12.5 Å². The van der Waals surface area contributed by atoms with E-state index < -0.39 is 12.5 Å². The van der Waals surface area contributed by atoms with Gasteiger partial charge >= 0.3 is 0 Å². The van der Waals surface area contributed by atoms with Crippen LogP contribution < -0.4 is 0 Å². The zero-order chi connectivity index (χ0) is 10.7. The van der Waals surface area contributed by atoms with E-state index in [2.05, 4.69) is 10.1 Å². The SMILES string of the molecule is CC(C)n1ncnc1CC(O)C(F)F. The molecule has 0 aliphatic carbocycles. The molecule has 0 fully saturated rings. The molecule has 1 N–H and O–H groups in total. The van der Waals surface area contributed by atoms with E-state index in [0.717, 1.165) is 0 Å². The van der Waals surface area contributed by atoms with Gasteiger partial charge < -0.3 is 5.11 Å². The van der Waals surface area contributed by atoms with Crippen molar-refractivity contribution in [2.75, 3.05) is 0 Å². The molecule has 0 aliphatic heterocycles. The van der Waals surface area contributed by atoms with E-state index >= 15 is 0 Å². The smallest absolute Gasteiger partial charge is 0.264 e. The van der Waals surface area contributed by atoms with Crippen LogP contribution in [0.5, 0.6) is 0 Å². The molecule has 0 bridgehead atoms. The summed E-state index contributed by atoms with van der Waals surface area (Å²) in [4.78, 5) is 3.82. The highest BCUT2D eigenvalue weighted by Crippen LogP contribution is 2.10. The van der Waals surface area contributed by atoms with Crippen molar-refractivity contribution in [3.63, 3.8) is 0 Å². The zero-order valence-electron chi connectivity index (χ0n) is 8.06. The Morgan fingerprint density at radius 3 is 2.64 bits per heavy atom. The number of aromatic nitrogens is 3. The van der Waals surface area contributed by atoms with Crippen molar-refractivity contribution in [2.24, 2.45) is 0 Å². The molecule has 0 amide bonds. The van der Waals surface area contributed by atoms with Crippen LogP contribution in [0.4, 0.5) is 8.78 Å². The predicted octanol–water partition coefficient (Wildman–Crippen LogP) is 1.03. The third-order valence-corrected chi connectivity index (χ3v) is 1.82. The lowest BCUT2D eigenvalue weighted by Crippen LogP contribution is -2.23. The maximum Gasteiger partial charge on any atom is 0.264 e. The second-order valence-electron chi connectivity index (χ2n) is 3.32. The van der Waals surface area contributed by atoms with Crippen LogP contribution in [0.15, 0.2) is 6.33 Å². The summed E-state index contributed by atoms with van der Waals surface area (Å²) >= 11 is 0. The molecule has 1 unspecified atom stereocenters. The number of rotatable bonds is 4. The fourth-order valence-electron chi connectivity index (χ4n) is 1.13. The molecule has 1 heterocycles. The molecule has 6 heteroatoms.